The molecule has 2 aromatic carbocycles. The lowest BCUT2D eigenvalue weighted by atomic mass is 9.77. The zero-order valence-corrected chi connectivity index (χ0v) is 26.9. The highest BCUT2D eigenvalue weighted by molar-refractivity contribution is 6.39. The molecule has 2 unspecified atom stereocenters. The molecule has 2 aromatic rings. The van der Waals surface area contributed by atoms with Gasteiger partial charge in [0.2, 0.25) is 0 Å². The quantitative estimate of drug-likeness (QED) is 0.0870. The van der Waals surface area contributed by atoms with Crippen LogP contribution in [0.5, 0.6) is 23.0 Å². The van der Waals surface area contributed by atoms with Crippen molar-refractivity contribution in [3.05, 3.63) is 68.7 Å². The van der Waals surface area contributed by atoms with E-state index in [0.29, 0.717) is 0 Å². The maximum Gasteiger partial charge on any atom is 0.514 e. The van der Waals surface area contributed by atoms with Gasteiger partial charge in [0.25, 0.3) is 0 Å². The van der Waals surface area contributed by atoms with Crippen LogP contribution in [0, 0.1) is 0 Å². The Hall–Kier alpha value is -2.86. The predicted octanol–water partition coefficient (Wildman–Crippen LogP) is 8.24. The molecule has 0 amide bonds. The molecule has 2 atom stereocenters. The molecule has 2 N–H and O–H groups in total. The van der Waals surface area contributed by atoms with Gasteiger partial charge in [-0.15, -0.1) is 0 Å². The molecule has 0 aliphatic carbocycles. The van der Waals surface area contributed by atoms with E-state index in [0.717, 1.165) is 0 Å². The Kier molecular flexibility index (Phi) is 13.8. The van der Waals surface area contributed by atoms with Crippen molar-refractivity contribution in [2.24, 2.45) is 0 Å². The van der Waals surface area contributed by atoms with Crippen molar-refractivity contribution in [2.45, 2.75) is 58.5 Å². The summed E-state index contributed by atoms with van der Waals surface area (Å²) >= 11 is 26.3. The predicted molar refractivity (Wildman–Crippen MR) is 163 cm³/mol. The van der Waals surface area contributed by atoms with E-state index in [9.17, 15) is 19.8 Å². The van der Waals surface area contributed by atoms with E-state index in [1.807, 2.05) is 0 Å². The Bertz CT molecular complexity index is 1250. The third-order valence-electron chi connectivity index (χ3n) is 5.82. The molecule has 0 aliphatic rings. The summed E-state index contributed by atoms with van der Waals surface area (Å²) in [6.45, 7) is 13.4. The van der Waals surface area contributed by atoms with E-state index in [4.69, 9.17) is 74.8 Å². The van der Waals surface area contributed by atoms with Gasteiger partial charge in [-0.05, 0) is 12.1 Å². The van der Waals surface area contributed by atoms with Crippen LogP contribution in [0.3, 0.4) is 0 Å². The number of carbonyl (C=O) groups is 2. The average Bonchev–Trinajstić information content (AvgIpc) is 2.97. The zero-order valence-electron chi connectivity index (χ0n) is 23.9. The van der Waals surface area contributed by atoms with Crippen LogP contribution in [-0.4, -0.2) is 48.3 Å². The van der Waals surface area contributed by atoms with Crippen LogP contribution in [0.15, 0.2) is 37.4 Å². The molecule has 10 nitrogen and oxygen atoms in total. The van der Waals surface area contributed by atoms with Gasteiger partial charge in [-0.1, -0.05) is 99.4 Å². The van der Waals surface area contributed by atoms with Crippen LogP contribution < -0.4 is 18.9 Å². The highest BCUT2D eigenvalue weighted by Crippen LogP contribution is 2.53. The Morgan fingerprint density at radius 3 is 1.42 bits per heavy atom. The fraction of sp³-hybridized carbons (Fsp3) is 0.379. The second-order valence-electron chi connectivity index (χ2n) is 9.25. The molecule has 14 heteroatoms. The van der Waals surface area contributed by atoms with Crippen LogP contribution in [0.25, 0.3) is 0 Å². The van der Waals surface area contributed by atoms with E-state index in [2.05, 4.69) is 13.2 Å². The summed E-state index contributed by atoms with van der Waals surface area (Å²) in [5, 5.41) is 20.1. The summed E-state index contributed by atoms with van der Waals surface area (Å²) in [5.74, 6) is -0.768. The number of ether oxygens (including phenoxy) is 6. The van der Waals surface area contributed by atoms with Gasteiger partial charge in [0.05, 0.1) is 10.0 Å². The maximum atomic E-state index is 12.2. The molecule has 0 saturated carbocycles. The zero-order chi connectivity index (χ0) is 32.5. The number of hydrogen-bond donors (Lipinski definition) is 2. The van der Waals surface area contributed by atoms with Crippen molar-refractivity contribution in [3.63, 3.8) is 0 Å². The Labute approximate surface area is 269 Å². The average molecular weight is 682 g/mol. The minimum absolute atomic E-state index is 0.0977. The van der Waals surface area contributed by atoms with Gasteiger partial charge in [0.15, 0.2) is 24.1 Å². The lowest BCUT2D eigenvalue weighted by Gasteiger charge is -2.33. The maximum absolute atomic E-state index is 12.2. The van der Waals surface area contributed by atoms with Gasteiger partial charge in [-0.2, -0.15) is 0 Å². The summed E-state index contributed by atoms with van der Waals surface area (Å²) in [6.07, 6.45) is -1.85. The van der Waals surface area contributed by atoms with Crippen LogP contribution in [0.4, 0.5) is 9.59 Å². The summed E-state index contributed by atoms with van der Waals surface area (Å²) in [6, 6.07) is 2.81. The normalized spacial score (nSPS) is 12.5. The minimum atomic E-state index is -1.32. The van der Waals surface area contributed by atoms with E-state index in [-0.39, 0.29) is 80.3 Å². The second-order valence-corrected chi connectivity index (χ2v) is 10.8. The Balaban J connectivity index is 2.83. The topological polar surface area (TPSA) is 130 Å². The first-order chi connectivity index (χ1) is 20.2. The number of rotatable bonds is 14. The minimum Gasteiger partial charge on any atom is -0.463 e. The smallest absolute Gasteiger partial charge is 0.463 e. The molecule has 0 radical (unpaired) electrons. The number of hydrogen-bond acceptors (Lipinski definition) is 10. The Morgan fingerprint density at radius 2 is 1.12 bits per heavy atom. The molecule has 43 heavy (non-hydrogen) atoms. The van der Waals surface area contributed by atoms with Crippen molar-refractivity contribution in [3.8, 4) is 23.0 Å². The summed E-state index contributed by atoms with van der Waals surface area (Å²) in [4.78, 5) is 24.3. The molecule has 0 saturated heterocycles. The third-order valence-corrected chi connectivity index (χ3v) is 7.07. The fourth-order valence-electron chi connectivity index (χ4n) is 3.58. The summed E-state index contributed by atoms with van der Waals surface area (Å²) < 4.78 is 31.7. The monoisotopic (exact) mass is 680 g/mol. The number of halogens is 4. The lowest BCUT2D eigenvalue weighted by molar-refractivity contribution is -0.0210. The van der Waals surface area contributed by atoms with Gasteiger partial charge in [0, 0.05) is 29.4 Å². The number of aliphatic hydroxyl groups is 2. The van der Waals surface area contributed by atoms with E-state index in [1.165, 1.54) is 24.3 Å². The number of benzene rings is 2. The second kappa shape index (κ2) is 16.3. The van der Waals surface area contributed by atoms with Crippen LogP contribution in [0.2, 0.25) is 20.1 Å². The molecule has 0 fully saturated rings. The largest absolute Gasteiger partial charge is 0.514 e. The highest BCUT2D eigenvalue weighted by atomic mass is 35.5. The number of carbonyl (C=O) groups excluding carboxylic acids is 2. The van der Waals surface area contributed by atoms with Crippen LogP contribution >= 0.6 is 46.4 Å². The summed E-state index contributed by atoms with van der Waals surface area (Å²) in [7, 11) is 0. The van der Waals surface area contributed by atoms with Crippen molar-refractivity contribution < 1.29 is 48.2 Å². The van der Waals surface area contributed by atoms with Crippen molar-refractivity contribution in [2.75, 3.05) is 13.2 Å². The molecular weight excluding hydrogens is 650 g/mol. The molecule has 0 spiro atoms. The molecule has 0 heterocycles. The van der Waals surface area contributed by atoms with Crippen LogP contribution in [-0.2, 0) is 14.9 Å². The van der Waals surface area contributed by atoms with Crippen molar-refractivity contribution in [1.29, 1.82) is 0 Å². The van der Waals surface area contributed by atoms with Gasteiger partial charge in [-0.25, -0.2) is 9.59 Å². The van der Waals surface area contributed by atoms with Gasteiger partial charge in [-0.3, -0.25) is 0 Å². The first-order valence-corrected chi connectivity index (χ1v) is 14.4. The van der Waals surface area contributed by atoms with Gasteiger partial charge < -0.3 is 38.6 Å². The SMILES string of the molecule is C=CCOC(=O)Oc1c(Cl)cc(C(C)(C)c2cc(Cl)c(OC(=O)OCC=C)c(Cl)c2OC(O)CC)c(OC(O)CC)c1Cl. The molecule has 0 bridgehead atoms. The standard InChI is InChI=1S/C29H32Cl4O10/c1-7-11-38-27(36)42-25-17(30)13-15(23(21(25)32)40-19(34)9-3)29(5,6)16-14-18(31)26(43-28(37)39-12-8-2)22(33)24(16)41-20(35)10-4/h7-8,13-14,19-20,34-35H,1-2,9-12H2,3-6H3. The lowest BCUT2D eigenvalue weighted by Crippen LogP contribution is -2.26. The van der Waals surface area contributed by atoms with Crippen LogP contribution in [0.1, 0.15) is 51.7 Å². The van der Waals surface area contributed by atoms with Gasteiger partial charge >= 0.3 is 12.3 Å². The molecule has 236 valence electrons. The molecule has 0 aromatic heterocycles. The van der Waals surface area contributed by atoms with E-state index in [1.54, 1.807) is 27.7 Å². The number of aliphatic hydroxyl groups excluding tert-OH is 2. The van der Waals surface area contributed by atoms with Crippen molar-refractivity contribution in [1.82, 2.24) is 0 Å². The molecule has 0 aliphatic heterocycles. The van der Waals surface area contributed by atoms with E-state index < -0.39 is 30.3 Å². The highest BCUT2D eigenvalue weighted by Gasteiger charge is 2.37. The third kappa shape index (κ3) is 9.07. The summed E-state index contributed by atoms with van der Waals surface area (Å²) in [5.41, 5.74) is -0.691. The Morgan fingerprint density at radius 1 is 0.767 bits per heavy atom. The molecular formula is C29H32Cl4O10. The first kappa shape index (κ1) is 36.3. The van der Waals surface area contributed by atoms with E-state index >= 15 is 0 Å². The molecule has 2 rings (SSSR count). The first-order valence-electron chi connectivity index (χ1n) is 12.9. The van der Waals surface area contributed by atoms with Gasteiger partial charge in [0.1, 0.15) is 34.8 Å². The fourth-order valence-corrected chi connectivity index (χ4v) is 4.73. The van der Waals surface area contributed by atoms with Crippen molar-refractivity contribution >= 4 is 58.7 Å².